The lowest BCUT2D eigenvalue weighted by Gasteiger charge is -2.16. The van der Waals surface area contributed by atoms with Gasteiger partial charge in [0.25, 0.3) is 0 Å². The maximum atomic E-state index is 10.4. The van der Waals surface area contributed by atoms with Gasteiger partial charge in [0, 0.05) is 16.3 Å². The van der Waals surface area contributed by atoms with E-state index in [-0.39, 0.29) is 5.82 Å². The molecule has 0 radical (unpaired) electrons. The van der Waals surface area contributed by atoms with Gasteiger partial charge in [-0.1, -0.05) is 6.07 Å². The highest BCUT2D eigenvalue weighted by Crippen LogP contribution is 2.34. The van der Waals surface area contributed by atoms with Gasteiger partial charge in [-0.25, -0.2) is 15.0 Å². The van der Waals surface area contributed by atoms with Gasteiger partial charge < -0.3 is 26.4 Å². The van der Waals surface area contributed by atoms with Crippen molar-refractivity contribution in [3.63, 3.8) is 0 Å². The average molecular weight is 374 g/mol. The third kappa shape index (κ3) is 2.97. The monoisotopic (exact) mass is 374 g/mol. The van der Waals surface area contributed by atoms with Crippen LogP contribution in [0.3, 0.4) is 0 Å². The number of rotatable bonds is 4. The van der Waals surface area contributed by atoms with E-state index >= 15 is 0 Å². The number of benzene rings is 1. The maximum absolute atomic E-state index is 10.4. The number of imidazole rings is 1. The molecule has 10 heteroatoms. The second kappa shape index (κ2) is 6.72. The van der Waals surface area contributed by atoms with Gasteiger partial charge >= 0.3 is 0 Å². The molecule has 4 rings (SSSR count). The molecular formula is C16H18N6O3S. The summed E-state index contributed by atoms with van der Waals surface area (Å²) < 4.78 is 7.46. The predicted molar refractivity (Wildman–Crippen MR) is 97.2 cm³/mol. The Bertz CT molecular complexity index is 935. The van der Waals surface area contributed by atoms with E-state index in [1.807, 2.05) is 24.3 Å². The number of ether oxygens (including phenoxy) is 1. The number of thioether (sulfide) groups is 1. The zero-order chi connectivity index (χ0) is 18.3. The van der Waals surface area contributed by atoms with Gasteiger partial charge in [0.2, 0.25) is 0 Å². The minimum absolute atomic E-state index is 0.246. The highest BCUT2D eigenvalue weighted by atomic mass is 32.2. The second-order valence-corrected chi connectivity index (χ2v) is 7.11. The van der Waals surface area contributed by atoms with Gasteiger partial charge in [-0.05, 0) is 18.2 Å². The number of fused-ring (bicyclic) bond motifs is 1. The normalized spacial score (nSPS) is 25.8. The number of nitrogens with two attached hydrogens (primary N) is 2. The summed E-state index contributed by atoms with van der Waals surface area (Å²) in [6, 6.07) is 7.45. The van der Waals surface area contributed by atoms with Crippen molar-refractivity contribution in [2.24, 2.45) is 0 Å². The lowest BCUT2D eigenvalue weighted by atomic mass is 10.1. The minimum atomic E-state index is -1.12. The van der Waals surface area contributed by atoms with Crippen molar-refractivity contribution in [2.45, 2.75) is 29.4 Å². The Labute approximate surface area is 153 Å². The van der Waals surface area contributed by atoms with Crippen LogP contribution in [0.1, 0.15) is 6.23 Å². The Balaban J connectivity index is 1.53. The van der Waals surface area contributed by atoms with Crippen LogP contribution in [0.4, 0.5) is 11.5 Å². The number of hydrogen-bond donors (Lipinski definition) is 4. The molecule has 6 N–H and O–H groups in total. The molecule has 2 aromatic heterocycles. The van der Waals surface area contributed by atoms with Crippen LogP contribution in [-0.4, -0.2) is 53.8 Å². The van der Waals surface area contributed by atoms with Crippen LogP contribution in [0.15, 0.2) is 41.8 Å². The zero-order valence-electron chi connectivity index (χ0n) is 13.6. The lowest BCUT2D eigenvalue weighted by Crippen LogP contribution is -2.32. The molecular weight excluding hydrogens is 356 g/mol. The van der Waals surface area contributed by atoms with Gasteiger partial charge in [0.1, 0.15) is 24.1 Å². The first-order valence-corrected chi connectivity index (χ1v) is 8.96. The van der Waals surface area contributed by atoms with Gasteiger partial charge in [0.05, 0.1) is 12.4 Å². The first-order valence-electron chi connectivity index (χ1n) is 7.97. The van der Waals surface area contributed by atoms with Crippen molar-refractivity contribution in [3.05, 3.63) is 36.9 Å². The molecule has 1 aromatic carbocycles. The van der Waals surface area contributed by atoms with E-state index in [9.17, 15) is 10.2 Å². The summed E-state index contributed by atoms with van der Waals surface area (Å²) in [5.74, 6) is 0.706. The average Bonchev–Trinajstić information content (AvgIpc) is 3.17. The molecule has 136 valence electrons. The first kappa shape index (κ1) is 17.0. The number of aromatic nitrogens is 4. The molecule has 3 aromatic rings. The highest BCUT2D eigenvalue weighted by molar-refractivity contribution is 7.99. The number of nitrogen functional groups attached to an aromatic ring is 2. The van der Waals surface area contributed by atoms with Crippen molar-refractivity contribution in [1.82, 2.24) is 19.5 Å². The van der Waals surface area contributed by atoms with E-state index in [4.69, 9.17) is 16.2 Å². The Morgan fingerprint density at radius 1 is 1.15 bits per heavy atom. The molecule has 0 saturated carbocycles. The smallest absolute Gasteiger partial charge is 0.167 e. The Morgan fingerprint density at radius 3 is 2.81 bits per heavy atom. The molecule has 0 bridgehead atoms. The second-order valence-electron chi connectivity index (χ2n) is 6.01. The van der Waals surface area contributed by atoms with Gasteiger partial charge in [-0.15, -0.1) is 11.8 Å². The third-order valence-electron chi connectivity index (χ3n) is 4.27. The summed E-state index contributed by atoms with van der Waals surface area (Å²) in [7, 11) is 0. The number of aliphatic hydroxyl groups excluding tert-OH is 2. The highest BCUT2D eigenvalue weighted by Gasteiger charge is 2.44. The van der Waals surface area contributed by atoms with Crippen LogP contribution >= 0.6 is 11.8 Å². The zero-order valence-corrected chi connectivity index (χ0v) is 14.5. The Morgan fingerprint density at radius 2 is 2.00 bits per heavy atom. The quantitative estimate of drug-likeness (QED) is 0.376. The lowest BCUT2D eigenvalue weighted by molar-refractivity contribution is -0.0289. The standard InChI is InChI=1S/C16H18N6O3S/c17-8-2-1-3-9(4-8)26-5-10-12(23)13(24)16(25-10)22-7-21-11-14(18)19-6-20-15(11)22/h1-4,6-7,10,12-13,16,23-24H,5,17H2,(H2,18,19,20)/t10-,12-,13-,16-/m1/s1. The van der Waals surface area contributed by atoms with Crippen LogP contribution < -0.4 is 11.5 Å². The minimum Gasteiger partial charge on any atom is -0.399 e. The molecule has 0 unspecified atom stereocenters. The van der Waals surface area contributed by atoms with Gasteiger partial charge in [0.15, 0.2) is 17.7 Å². The van der Waals surface area contributed by atoms with Crippen molar-refractivity contribution in [3.8, 4) is 0 Å². The Kier molecular flexibility index (Phi) is 4.41. The van der Waals surface area contributed by atoms with Crippen molar-refractivity contribution < 1.29 is 14.9 Å². The number of anilines is 2. The Hall–Kier alpha value is -2.40. The number of nitrogens with zero attached hydrogens (tertiary/aromatic N) is 4. The summed E-state index contributed by atoms with van der Waals surface area (Å²) >= 11 is 1.50. The summed E-state index contributed by atoms with van der Waals surface area (Å²) in [5, 5.41) is 20.8. The van der Waals surface area contributed by atoms with E-state index in [0.29, 0.717) is 22.6 Å². The first-order chi connectivity index (χ1) is 12.5. The van der Waals surface area contributed by atoms with Gasteiger partial charge in [-0.2, -0.15) is 0 Å². The SMILES string of the molecule is Nc1cccc(SC[C@H]2O[C@@H](n3cnc4c(N)ncnc43)[C@H](O)[C@@H]2O)c1. The molecule has 1 aliphatic rings. The largest absolute Gasteiger partial charge is 0.399 e. The summed E-state index contributed by atoms with van der Waals surface area (Å²) in [6.07, 6.45) is -0.723. The van der Waals surface area contributed by atoms with E-state index in [0.717, 1.165) is 4.90 Å². The molecule has 1 saturated heterocycles. The molecule has 1 aliphatic heterocycles. The molecule has 3 heterocycles. The molecule has 0 aliphatic carbocycles. The van der Waals surface area contributed by atoms with E-state index in [2.05, 4.69) is 15.0 Å². The summed E-state index contributed by atoms with van der Waals surface area (Å²) in [6.45, 7) is 0. The fourth-order valence-corrected chi connectivity index (χ4v) is 3.96. The van der Waals surface area contributed by atoms with E-state index in [1.54, 1.807) is 4.57 Å². The molecule has 4 atom stereocenters. The fraction of sp³-hybridized carbons (Fsp3) is 0.312. The topological polar surface area (TPSA) is 145 Å². The molecule has 0 spiro atoms. The van der Waals surface area contributed by atoms with Gasteiger partial charge in [-0.3, -0.25) is 4.57 Å². The van der Waals surface area contributed by atoms with Crippen molar-refractivity contribution in [1.29, 1.82) is 0 Å². The molecule has 1 fully saturated rings. The van der Waals surface area contributed by atoms with Crippen LogP contribution in [0.2, 0.25) is 0 Å². The molecule has 9 nitrogen and oxygen atoms in total. The number of aliphatic hydroxyl groups is 2. The summed E-state index contributed by atoms with van der Waals surface area (Å²) in [4.78, 5) is 13.2. The maximum Gasteiger partial charge on any atom is 0.167 e. The van der Waals surface area contributed by atoms with Crippen molar-refractivity contribution in [2.75, 3.05) is 17.2 Å². The summed E-state index contributed by atoms with van der Waals surface area (Å²) in [5.41, 5.74) is 13.1. The third-order valence-corrected chi connectivity index (χ3v) is 5.35. The fourth-order valence-electron chi connectivity index (χ4n) is 2.94. The molecule has 26 heavy (non-hydrogen) atoms. The van der Waals surface area contributed by atoms with Crippen LogP contribution in [0.25, 0.3) is 11.2 Å². The van der Waals surface area contributed by atoms with Crippen LogP contribution in [0, 0.1) is 0 Å². The van der Waals surface area contributed by atoms with Crippen molar-refractivity contribution >= 4 is 34.4 Å². The van der Waals surface area contributed by atoms with E-state index in [1.165, 1.54) is 24.4 Å². The van der Waals surface area contributed by atoms with Crippen LogP contribution in [-0.2, 0) is 4.74 Å². The molecule has 0 amide bonds. The number of hydrogen-bond acceptors (Lipinski definition) is 9. The van der Waals surface area contributed by atoms with Crippen LogP contribution in [0.5, 0.6) is 0 Å². The predicted octanol–water partition coefficient (Wildman–Crippen LogP) is 0.402. The van der Waals surface area contributed by atoms with E-state index < -0.39 is 24.5 Å².